The van der Waals surface area contributed by atoms with Crippen molar-refractivity contribution in [2.24, 2.45) is 10.9 Å². The Labute approximate surface area is 69.1 Å². The zero-order chi connectivity index (χ0) is 8.97. The average Bonchev–Trinajstić information content (AvgIpc) is 2.52. The molecule has 4 nitrogen and oxygen atoms in total. The highest BCUT2D eigenvalue weighted by Gasteiger charge is 2.04. The number of aromatic nitrogens is 1. The first kappa shape index (κ1) is 8.58. The molecule has 0 bridgehead atoms. The molecule has 66 valence electrons. The van der Waals surface area contributed by atoms with Gasteiger partial charge in [-0.1, -0.05) is 5.16 Å². The van der Waals surface area contributed by atoms with Crippen molar-refractivity contribution in [1.82, 2.24) is 4.57 Å². The highest BCUT2D eigenvalue weighted by atomic mass is 19.1. The van der Waals surface area contributed by atoms with Crippen LogP contribution in [0.15, 0.2) is 23.5 Å². The van der Waals surface area contributed by atoms with Gasteiger partial charge in [0.05, 0.1) is 12.2 Å². The molecule has 0 atom stereocenters. The summed E-state index contributed by atoms with van der Waals surface area (Å²) >= 11 is 0. The summed E-state index contributed by atoms with van der Waals surface area (Å²) in [5.41, 5.74) is 5.85. The number of oxime groups is 1. The summed E-state index contributed by atoms with van der Waals surface area (Å²) in [7, 11) is 0. The van der Waals surface area contributed by atoms with E-state index in [1.54, 1.807) is 22.9 Å². The van der Waals surface area contributed by atoms with E-state index < -0.39 is 6.67 Å². The maximum Gasteiger partial charge on any atom is 0.186 e. The first-order chi connectivity index (χ1) is 5.79. The number of alkyl halides is 1. The predicted molar refractivity (Wildman–Crippen MR) is 42.9 cm³/mol. The van der Waals surface area contributed by atoms with E-state index in [9.17, 15) is 4.39 Å². The van der Waals surface area contributed by atoms with Crippen LogP contribution in [0.5, 0.6) is 0 Å². The molecule has 0 fully saturated rings. The second-order valence-corrected chi connectivity index (χ2v) is 2.26. The summed E-state index contributed by atoms with van der Waals surface area (Å²) in [5, 5.41) is 11.2. The van der Waals surface area contributed by atoms with Crippen molar-refractivity contribution in [3.8, 4) is 0 Å². The first-order valence-corrected chi connectivity index (χ1v) is 3.48. The predicted octanol–water partition coefficient (Wildman–Crippen LogP) is 0.552. The normalized spacial score (nSPS) is 11.9. The van der Waals surface area contributed by atoms with E-state index in [2.05, 4.69) is 5.16 Å². The fourth-order valence-corrected chi connectivity index (χ4v) is 0.984. The van der Waals surface area contributed by atoms with Crippen molar-refractivity contribution in [1.29, 1.82) is 0 Å². The molecular weight excluding hydrogens is 161 g/mol. The lowest BCUT2D eigenvalue weighted by Gasteiger charge is -2.03. The van der Waals surface area contributed by atoms with Gasteiger partial charge in [0.1, 0.15) is 6.67 Å². The van der Waals surface area contributed by atoms with Crippen LogP contribution in [0.3, 0.4) is 0 Å². The van der Waals surface area contributed by atoms with E-state index in [1.165, 1.54) is 0 Å². The Hall–Kier alpha value is -1.52. The van der Waals surface area contributed by atoms with Crippen molar-refractivity contribution < 1.29 is 9.60 Å². The van der Waals surface area contributed by atoms with Gasteiger partial charge in [-0.2, -0.15) is 0 Å². The molecule has 0 radical (unpaired) electrons. The highest BCUT2D eigenvalue weighted by Crippen LogP contribution is 2.01. The molecular formula is C7H10FN3O. The smallest absolute Gasteiger partial charge is 0.186 e. The molecule has 0 saturated heterocycles. The van der Waals surface area contributed by atoms with Gasteiger partial charge in [0, 0.05) is 6.20 Å². The minimum atomic E-state index is -0.472. The van der Waals surface area contributed by atoms with Gasteiger partial charge >= 0.3 is 0 Å². The van der Waals surface area contributed by atoms with Crippen LogP contribution in [0.4, 0.5) is 4.39 Å². The molecule has 0 spiro atoms. The second-order valence-electron chi connectivity index (χ2n) is 2.26. The topological polar surface area (TPSA) is 63.5 Å². The third kappa shape index (κ3) is 1.55. The van der Waals surface area contributed by atoms with Gasteiger partial charge in [-0.05, 0) is 12.1 Å². The lowest BCUT2D eigenvalue weighted by molar-refractivity contribution is 0.318. The molecule has 0 aliphatic heterocycles. The van der Waals surface area contributed by atoms with Gasteiger partial charge < -0.3 is 15.5 Å². The van der Waals surface area contributed by atoms with Gasteiger partial charge in [0.2, 0.25) is 0 Å². The quantitative estimate of drug-likeness (QED) is 0.302. The van der Waals surface area contributed by atoms with E-state index in [-0.39, 0.29) is 12.4 Å². The Morgan fingerprint density at radius 3 is 3.08 bits per heavy atom. The molecule has 5 heteroatoms. The van der Waals surface area contributed by atoms with Crippen LogP contribution in [-0.4, -0.2) is 22.3 Å². The Morgan fingerprint density at radius 1 is 1.75 bits per heavy atom. The number of amidine groups is 1. The Balaban J connectivity index is 2.91. The fourth-order valence-electron chi connectivity index (χ4n) is 0.984. The minimum absolute atomic E-state index is 0.00606. The maximum absolute atomic E-state index is 11.9. The third-order valence-electron chi connectivity index (χ3n) is 1.53. The molecule has 1 aromatic rings. The van der Waals surface area contributed by atoms with Gasteiger partial charge in [-0.15, -0.1) is 0 Å². The number of nitrogens with two attached hydrogens (primary N) is 1. The average molecular weight is 171 g/mol. The number of aryl methyl sites for hydroxylation is 1. The number of rotatable bonds is 3. The van der Waals surface area contributed by atoms with Crippen molar-refractivity contribution in [2.75, 3.05) is 6.67 Å². The molecule has 3 N–H and O–H groups in total. The first-order valence-electron chi connectivity index (χ1n) is 3.48. The van der Waals surface area contributed by atoms with Gasteiger partial charge in [0.15, 0.2) is 5.84 Å². The molecule has 0 aliphatic rings. The van der Waals surface area contributed by atoms with Gasteiger partial charge in [0.25, 0.3) is 0 Å². The van der Waals surface area contributed by atoms with Crippen LogP contribution in [-0.2, 0) is 6.54 Å². The molecule has 1 rings (SSSR count). The SMILES string of the molecule is N/C(=N/O)c1cccn1CCF. The largest absolute Gasteiger partial charge is 0.409 e. The zero-order valence-electron chi connectivity index (χ0n) is 6.44. The summed E-state index contributed by atoms with van der Waals surface area (Å²) in [6.45, 7) is -0.251. The summed E-state index contributed by atoms with van der Waals surface area (Å²) in [6.07, 6.45) is 1.67. The maximum atomic E-state index is 11.9. The Bertz CT molecular complexity index is 282. The minimum Gasteiger partial charge on any atom is -0.409 e. The number of nitrogens with zero attached hydrogens (tertiary/aromatic N) is 2. The van der Waals surface area contributed by atoms with Crippen LogP contribution in [0.2, 0.25) is 0 Å². The second kappa shape index (κ2) is 3.75. The highest BCUT2D eigenvalue weighted by molar-refractivity contribution is 5.95. The van der Waals surface area contributed by atoms with E-state index in [0.717, 1.165) is 0 Å². The molecule has 0 aromatic carbocycles. The molecule has 12 heavy (non-hydrogen) atoms. The molecule has 0 aliphatic carbocycles. The summed E-state index contributed by atoms with van der Waals surface area (Å²) in [5.74, 6) is -0.00606. The molecule has 0 saturated carbocycles. The van der Waals surface area contributed by atoms with E-state index in [4.69, 9.17) is 10.9 Å². The number of halogens is 1. The van der Waals surface area contributed by atoms with E-state index >= 15 is 0 Å². The van der Waals surface area contributed by atoms with E-state index in [0.29, 0.717) is 5.69 Å². The van der Waals surface area contributed by atoms with Gasteiger partial charge in [-0.3, -0.25) is 0 Å². The van der Waals surface area contributed by atoms with Crippen LogP contribution >= 0.6 is 0 Å². The van der Waals surface area contributed by atoms with Crippen molar-refractivity contribution in [3.05, 3.63) is 24.0 Å². The lowest BCUT2D eigenvalue weighted by Crippen LogP contribution is -2.18. The zero-order valence-corrected chi connectivity index (χ0v) is 6.44. The van der Waals surface area contributed by atoms with Crippen LogP contribution in [0.1, 0.15) is 5.69 Å². The molecule has 1 heterocycles. The number of hydrogen-bond acceptors (Lipinski definition) is 2. The van der Waals surface area contributed by atoms with Crippen molar-refractivity contribution >= 4 is 5.84 Å². The van der Waals surface area contributed by atoms with E-state index in [1.807, 2.05) is 0 Å². The summed E-state index contributed by atoms with van der Waals surface area (Å²) in [6, 6.07) is 3.37. The van der Waals surface area contributed by atoms with Crippen molar-refractivity contribution in [3.63, 3.8) is 0 Å². The van der Waals surface area contributed by atoms with Gasteiger partial charge in [-0.25, -0.2) is 4.39 Å². The van der Waals surface area contributed by atoms with Crippen LogP contribution in [0.25, 0.3) is 0 Å². The Kier molecular flexibility index (Phi) is 2.68. The Morgan fingerprint density at radius 2 is 2.50 bits per heavy atom. The van der Waals surface area contributed by atoms with Crippen LogP contribution < -0.4 is 5.73 Å². The summed E-state index contributed by atoms with van der Waals surface area (Å²) < 4.78 is 13.5. The molecule has 0 amide bonds. The third-order valence-corrected chi connectivity index (χ3v) is 1.53. The summed E-state index contributed by atoms with van der Waals surface area (Å²) in [4.78, 5) is 0. The standard InChI is InChI=1S/C7H10FN3O/c8-3-5-11-4-1-2-6(11)7(9)10-12/h1-2,4,12H,3,5H2,(H2,9,10). The molecule has 0 unspecified atom stereocenters. The lowest BCUT2D eigenvalue weighted by atomic mass is 10.4. The fraction of sp³-hybridized carbons (Fsp3) is 0.286. The van der Waals surface area contributed by atoms with Crippen LogP contribution in [0, 0.1) is 0 Å². The monoisotopic (exact) mass is 171 g/mol. The van der Waals surface area contributed by atoms with Crippen molar-refractivity contribution in [2.45, 2.75) is 6.54 Å². The molecule has 1 aromatic heterocycles. The number of hydrogen-bond donors (Lipinski definition) is 2.